The molecule has 1 aromatic rings. The number of piperazine rings is 1. The van der Waals surface area contributed by atoms with Crippen molar-refractivity contribution in [1.29, 1.82) is 0 Å². The third-order valence-electron chi connectivity index (χ3n) is 7.03. The van der Waals surface area contributed by atoms with Crippen molar-refractivity contribution in [3.8, 4) is 0 Å². The highest BCUT2D eigenvalue weighted by molar-refractivity contribution is 6.43. The van der Waals surface area contributed by atoms with E-state index >= 15 is 0 Å². The molecule has 0 radical (unpaired) electrons. The molecule has 3 fully saturated rings. The molecule has 1 heterocycles. The maximum atomic E-state index is 12.1. The quantitative estimate of drug-likeness (QED) is 0.643. The van der Waals surface area contributed by atoms with Crippen LogP contribution in [0.2, 0.25) is 10.0 Å². The minimum Gasteiger partial charge on any atom is -0.368 e. The van der Waals surface area contributed by atoms with Crippen LogP contribution in [0.15, 0.2) is 18.2 Å². The van der Waals surface area contributed by atoms with Crippen LogP contribution in [0.25, 0.3) is 0 Å². The number of anilines is 1. The molecule has 166 valence electrons. The topological polar surface area (TPSA) is 47.6 Å². The van der Waals surface area contributed by atoms with Crippen LogP contribution in [0.4, 0.5) is 10.5 Å². The lowest BCUT2D eigenvalue weighted by atomic mass is 9.76. The van der Waals surface area contributed by atoms with E-state index in [1.165, 1.54) is 19.3 Å². The van der Waals surface area contributed by atoms with E-state index in [0.717, 1.165) is 70.0 Å². The van der Waals surface area contributed by atoms with Crippen molar-refractivity contribution in [1.82, 2.24) is 15.5 Å². The summed E-state index contributed by atoms with van der Waals surface area (Å²) in [6, 6.07) is 6.31. The van der Waals surface area contributed by atoms with E-state index in [4.69, 9.17) is 23.2 Å². The third kappa shape index (κ3) is 5.74. The Balaban J connectivity index is 1.16. The average molecular weight is 453 g/mol. The minimum atomic E-state index is -0.0443. The van der Waals surface area contributed by atoms with Crippen molar-refractivity contribution < 1.29 is 4.79 Å². The van der Waals surface area contributed by atoms with E-state index in [1.54, 1.807) is 0 Å². The Labute approximate surface area is 190 Å². The van der Waals surface area contributed by atoms with Gasteiger partial charge in [0.1, 0.15) is 0 Å². The summed E-state index contributed by atoms with van der Waals surface area (Å²) in [6.45, 7) is 7.47. The zero-order chi connectivity index (χ0) is 21.1. The highest BCUT2D eigenvalue weighted by Gasteiger charge is 2.34. The smallest absolute Gasteiger partial charge is 0.315 e. The van der Waals surface area contributed by atoms with E-state index in [9.17, 15) is 4.79 Å². The lowest BCUT2D eigenvalue weighted by Gasteiger charge is -2.40. The van der Waals surface area contributed by atoms with Crippen LogP contribution in [0.5, 0.6) is 0 Å². The summed E-state index contributed by atoms with van der Waals surface area (Å²) in [7, 11) is 0. The molecule has 1 aliphatic heterocycles. The van der Waals surface area contributed by atoms with Crippen molar-refractivity contribution in [3.63, 3.8) is 0 Å². The monoisotopic (exact) mass is 452 g/mol. The summed E-state index contributed by atoms with van der Waals surface area (Å²) < 4.78 is 0. The van der Waals surface area contributed by atoms with Crippen LogP contribution in [-0.2, 0) is 0 Å². The number of halogens is 2. The SMILES string of the molecule is CC1(NC(=O)NC2CC2)CCC(CCN2CCN(c3cccc(Cl)c3Cl)CC2)CC1. The summed E-state index contributed by atoms with van der Waals surface area (Å²) in [5.74, 6) is 0.770. The van der Waals surface area contributed by atoms with Crippen molar-refractivity contribution in [2.45, 2.75) is 63.5 Å². The molecule has 2 amide bonds. The zero-order valence-corrected chi connectivity index (χ0v) is 19.4. The Bertz CT molecular complexity index is 739. The van der Waals surface area contributed by atoms with Gasteiger partial charge in [-0.05, 0) is 76.5 Å². The standard InChI is InChI=1S/C23H34Cl2N4O/c1-23(27-22(30)26-18-5-6-18)10-7-17(8-11-23)9-12-28-13-15-29(16-14-28)20-4-2-3-19(24)21(20)25/h2-4,17-18H,5-16H2,1H3,(H2,26,27,30). The lowest BCUT2D eigenvalue weighted by Crippen LogP contribution is -2.52. The summed E-state index contributed by atoms with van der Waals surface area (Å²) >= 11 is 12.6. The Morgan fingerprint density at radius 1 is 1.10 bits per heavy atom. The number of urea groups is 1. The second-order valence-corrected chi connectivity index (χ2v) is 10.4. The van der Waals surface area contributed by atoms with Crippen molar-refractivity contribution >= 4 is 34.9 Å². The van der Waals surface area contributed by atoms with Crippen molar-refractivity contribution in [2.75, 3.05) is 37.6 Å². The largest absolute Gasteiger partial charge is 0.368 e. The molecule has 3 aliphatic rings. The molecule has 0 bridgehead atoms. The van der Waals surface area contributed by atoms with Gasteiger partial charge in [-0.1, -0.05) is 29.3 Å². The van der Waals surface area contributed by atoms with E-state index in [0.29, 0.717) is 16.1 Å². The van der Waals surface area contributed by atoms with Crippen molar-refractivity contribution in [3.05, 3.63) is 28.2 Å². The second kappa shape index (κ2) is 9.54. The molecule has 4 rings (SSSR count). The number of nitrogens with one attached hydrogen (secondary N) is 2. The van der Waals surface area contributed by atoms with Gasteiger partial charge in [-0.3, -0.25) is 4.90 Å². The molecule has 2 N–H and O–H groups in total. The van der Waals surface area contributed by atoms with Crippen LogP contribution in [0.1, 0.15) is 51.9 Å². The first kappa shape index (κ1) is 22.0. The Kier molecular flexibility index (Phi) is 7.01. The fourth-order valence-corrected chi connectivity index (χ4v) is 5.18. The predicted molar refractivity (Wildman–Crippen MR) is 125 cm³/mol. The Hall–Kier alpha value is -1.17. The minimum absolute atomic E-state index is 0.0242. The first-order valence-corrected chi connectivity index (χ1v) is 12.2. The van der Waals surface area contributed by atoms with Gasteiger partial charge >= 0.3 is 6.03 Å². The number of hydrogen-bond acceptors (Lipinski definition) is 3. The molecule has 2 aliphatic carbocycles. The Morgan fingerprint density at radius 2 is 1.80 bits per heavy atom. The highest BCUT2D eigenvalue weighted by atomic mass is 35.5. The fraction of sp³-hybridized carbons (Fsp3) is 0.696. The summed E-state index contributed by atoms with van der Waals surface area (Å²) in [4.78, 5) is 17.0. The van der Waals surface area contributed by atoms with Crippen LogP contribution in [0, 0.1) is 5.92 Å². The number of rotatable bonds is 6. The first-order chi connectivity index (χ1) is 14.4. The maximum Gasteiger partial charge on any atom is 0.315 e. The second-order valence-electron chi connectivity index (χ2n) is 9.57. The van der Waals surface area contributed by atoms with E-state index < -0.39 is 0 Å². The molecule has 0 spiro atoms. The number of carbonyl (C=O) groups excluding carboxylic acids is 1. The summed E-state index contributed by atoms with van der Waals surface area (Å²) in [5.41, 5.74) is 1.01. The van der Waals surface area contributed by atoms with Crippen LogP contribution >= 0.6 is 23.2 Å². The van der Waals surface area contributed by atoms with Crippen LogP contribution in [0.3, 0.4) is 0 Å². The molecule has 0 unspecified atom stereocenters. The molecule has 1 saturated heterocycles. The molecule has 2 saturated carbocycles. The van der Waals surface area contributed by atoms with Gasteiger partial charge < -0.3 is 15.5 Å². The van der Waals surface area contributed by atoms with E-state index in [-0.39, 0.29) is 11.6 Å². The van der Waals surface area contributed by atoms with Gasteiger partial charge in [-0.2, -0.15) is 0 Å². The molecular formula is C23H34Cl2N4O. The fourth-order valence-electron chi connectivity index (χ4n) is 4.77. The van der Waals surface area contributed by atoms with Crippen LogP contribution < -0.4 is 15.5 Å². The predicted octanol–water partition coefficient (Wildman–Crippen LogP) is 4.92. The van der Waals surface area contributed by atoms with Gasteiger partial charge in [0.25, 0.3) is 0 Å². The molecule has 1 aromatic carbocycles. The molecule has 0 aromatic heterocycles. The number of nitrogens with zero attached hydrogens (tertiary/aromatic N) is 2. The number of hydrogen-bond donors (Lipinski definition) is 2. The normalized spacial score (nSPS) is 27.7. The molecule has 7 heteroatoms. The van der Waals surface area contributed by atoms with Gasteiger partial charge in [-0.15, -0.1) is 0 Å². The van der Waals surface area contributed by atoms with Gasteiger partial charge in [0.15, 0.2) is 0 Å². The first-order valence-electron chi connectivity index (χ1n) is 11.4. The summed E-state index contributed by atoms with van der Waals surface area (Å²) in [5, 5.41) is 7.58. The molecule has 5 nitrogen and oxygen atoms in total. The summed E-state index contributed by atoms with van der Waals surface area (Å²) in [6.07, 6.45) is 8.09. The van der Waals surface area contributed by atoms with Gasteiger partial charge in [0.2, 0.25) is 0 Å². The zero-order valence-electron chi connectivity index (χ0n) is 17.9. The average Bonchev–Trinajstić information content (AvgIpc) is 3.54. The maximum absolute atomic E-state index is 12.1. The van der Waals surface area contributed by atoms with E-state index in [1.807, 2.05) is 12.1 Å². The lowest BCUT2D eigenvalue weighted by molar-refractivity contribution is 0.172. The van der Waals surface area contributed by atoms with Gasteiger partial charge in [0.05, 0.1) is 15.7 Å². The molecule has 0 atom stereocenters. The highest BCUT2D eigenvalue weighted by Crippen LogP contribution is 2.35. The van der Waals surface area contributed by atoms with Gasteiger partial charge in [0, 0.05) is 37.8 Å². The third-order valence-corrected chi connectivity index (χ3v) is 7.84. The van der Waals surface area contributed by atoms with Crippen molar-refractivity contribution in [2.24, 2.45) is 5.92 Å². The number of amides is 2. The van der Waals surface area contributed by atoms with Gasteiger partial charge in [-0.25, -0.2) is 4.79 Å². The number of benzene rings is 1. The van der Waals surface area contributed by atoms with Crippen LogP contribution in [-0.4, -0.2) is 55.2 Å². The number of carbonyl (C=O) groups is 1. The molecular weight excluding hydrogens is 419 g/mol. The Morgan fingerprint density at radius 3 is 2.47 bits per heavy atom. The molecule has 30 heavy (non-hydrogen) atoms. The van der Waals surface area contributed by atoms with E-state index in [2.05, 4.69) is 33.4 Å².